The Labute approximate surface area is 112 Å². The second-order valence-corrected chi connectivity index (χ2v) is 4.27. The minimum absolute atomic E-state index is 0.116. The van der Waals surface area contributed by atoms with Crippen LogP contribution in [-0.2, 0) is 0 Å². The lowest BCUT2D eigenvalue weighted by atomic mass is 10.2. The van der Waals surface area contributed by atoms with Crippen LogP contribution in [0.4, 0.5) is 25.0 Å². The fraction of sp³-hybridized carbons (Fsp3) is 0.364. The van der Waals surface area contributed by atoms with Crippen LogP contribution in [-0.4, -0.2) is 47.2 Å². The minimum Gasteiger partial charge on any atom is -0.465 e. The molecule has 0 spiro atoms. The van der Waals surface area contributed by atoms with Crippen molar-refractivity contribution >= 4 is 17.5 Å². The molecule has 0 radical (unpaired) electrons. The number of piperazine rings is 1. The summed E-state index contributed by atoms with van der Waals surface area (Å²) < 4.78 is 27.6. The van der Waals surface area contributed by atoms with Crippen molar-refractivity contribution in [1.82, 2.24) is 4.90 Å². The van der Waals surface area contributed by atoms with Gasteiger partial charge in [-0.25, -0.2) is 13.6 Å². The van der Waals surface area contributed by atoms with E-state index in [1.807, 2.05) is 0 Å². The molecule has 1 N–H and O–H groups in total. The van der Waals surface area contributed by atoms with Crippen LogP contribution in [0.3, 0.4) is 0 Å². The summed E-state index contributed by atoms with van der Waals surface area (Å²) in [5, 5.41) is 19.3. The number of benzene rings is 1. The van der Waals surface area contributed by atoms with Crippen LogP contribution in [0, 0.1) is 21.7 Å². The molecule has 1 fully saturated rings. The maximum Gasteiger partial charge on any atom is 0.407 e. The Morgan fingerprint density at radius 2 is 1.70 bits per heavy atom. The Morgan fingerprint density at radius 1 is 1.20 bits per heavy atom. The molecule has 1 aliphatic rings. The molecular formula is C11H11F2N3O4. The zero-order valence-corrected chi connectivity index (χ0v) is 10.3. The third-order valence-corrected chi connectivity index (χ3v) is 3.08. The highest BCUT2D eigenvalue weighted by Gasteiger charge is 2.26. The van der Waals surface area contributed by atoms with E-state index in [-0.39, 0.29) is 31.9 Å². The molecule has 0 atom stereocenters. The third kappa shape index (κ3) is 2.60. The molecule has 20 heavy (non-hydrogen) atoms. The van der Waals surface area contributed by atoms with Crippen LogP contribution in [0.5, 0.6) is 0 Å². The Morgan fingerprint density at radius 3 is 2.10 bits per heavy atom. The normalized spacial score (nSPS) is 15.3. The number of non-ortho nitro benzene ring substituents is 1. The van der Waals surface area contributed by atoms with E-state index in [1.165, 1.54) is 4.90 Å². The third-order valence-electron chi connectivity index (χ3n) is 3.08. The van der Waals surface area contributed by atoms with Crippen molar-refractivity contribution in [3.63, 3.8) is 0 Å². The molecule has 108 valence electrons. The van der Waals surface area contributed by atoms with E-state index >= 15 is 0 Å². The number of hydrogen-bond donors (Lipinski definition) is 1. The molecule has 0 aromatic heterocycles. The highest BCUT2D eigenvalue weighted by atomic mass is 19.1. The second-order valence-electron chi connectivity index (χ2n) is 4.27. The average Bonchev–Trinajstić information content (AvgIpc) is 2.38. The van der Waals surface area contributed by atoms with Gasteiger partial charge in [-0.1, -0.05) is 0 Å². The van der Waals surface area contributed by atoms with Crippen LogP contribution in [0.1, 0.15) is 0 Å². The van der Waals surface area contributed by atoms with Gasteiger partial charge in [-0.2, -0.15) is 0 Å². The fourth-order valence-corrected chi connectivity index (χ4v) is 2.08. The molecule has 1 amide bonds. The zero-order valence-electron chi connectivity index (χ0n) is 10.3. The number of nitro benzene ring substituents is 1. The summed E-state index contributed by atoms with van der Waals surface area (Å²) in [6, 6.07) is 1.31. The first-order valence-electron chi connectivity index (χ1n) is 5.76. The van der Waals surface area contributed by atoms with Crippen LogP contribution >= 0.6 is 0 Å². The quantitative estimate of drug-likeness (QED) is 0.660. The minimum atomic E-state index is -1.09. The number of hydrogen-bond acceptors (Lipinski definition) is 4. The van der Waals surface area contributed by atoms with Gasteiger partial charge in [-0.15, -0.1) is 0 Å². The Kier molecular flexibility index (Phi) is 3.68. The summed E-state index contributed by atoms with van der Waals surface area (Å²) in [7, 11) is 0. The SMILES string of the molecule is O=C(O)N1CCN(c2c(F)cc([N+](=O)[O-])cc2F)CC1. The number of carboxylic acid groups (broad SMARTS) is 1. The monoisotopic (exact) mass is 287 g/mol. The zero-order chi connectivity index (χ0) is 14.9. The number of nitrogens with zero attached hydrogens (tertiary/aromatic N) is 3. The molecule has 1 heterocycles. The summed E-state index contributed by atoms with van der Waals surface area (Å²) in [5.74, 6) is -2.05. The van der Waals surface area contributed by atoms with E-state index < -0.39 is 28.3 Å². The fourth-order valence-electron chi connectivity index (χ4n) is 2.08. The van der Waals surface area contributed by atoms with E-state index in [9.17, 15) is 23.7 Å². The summed E-state index contributed by atoms with van der Waals surface area (Å²) in [6.07, 6.45) is -1.09. The van der Waals surface area contributed by atoms with E-state index in [4.69, 9.17) is 5.11 Å². The van der Waals surface area contributed by atoms with E-state index in [0.717, 1.165) is 4.90 Å². The van der Waals surface area contributed by atoms with E-state index in [0.29, 0.717) is 12.1 Å². The lowest BCUT2D eigenvalue weighted by Crippen LogP contribution is -2.48. The van der Waals surface area contributed by atoms with Gasteiger partial charge in [0.05, 0.1) is 17.1 Å². The van der Waals surface area contributed by atoms with Crippen molar-refractivity contribution in [1.29, 1.82) is 0 Å². The van der Waals surface area contributed by atoms with Gasteiger partial charge in [0.15, 0.2) is 11.6 Å². The smallest absolute Gasteiger partial charge is 0.407 e. The summed E-state index contributed by atoms with van der Waals surface area (Å²) in [5.41, 5.74) is -1.02. The highest BCUT2D eigenvalue weighted by Crippen LogP contribution is 2.28. The molecular weight excluding hydrogens is 276 g/mol. The molecule has 1 aromatic carbocycles. The molecule has 0 unspecified atom stereocenters. The predicted octanol–water partition coefficient (Wildman–Crippen LogP) is 1.67. The van der Waals surface area contributed by atoms with Crippen LogP contribution in [0.15, 0.2) is 12.1 Å². The lowest BCUT2D eigenvalue weighted by molar-refractivity contribution is -0.385. The van der Waals surface area contributed by atoms with Gasteiger partial charge in [0.25, 0.3) is 5.69 Å². The predicted molar refractivity (Wildman–Crippen MR) is 64.8 cm³/mol. The van der Waals surface area contributed by atoms with Crippen molar-refractivity contribution in [3.8, 4) is 0 Å². The number of amides is 1. The Hall–Kier alpha value is -2.45. The van der Waals surface area contributed by atoms with Gasteiger partial charge in [0.2, 0.25) is 0 Å². The first-order chi connectivity index (χ1) is 9.40. The number of rotatable bonds is 2. The Balaban J connectivity index is 2.22. The molecule has 7 nitrogen and oxygen atoms in total. The van der Waals surface area contributed by atoms with Crippen LogP contribution in [0.25, 0.3) is 0 Å². The molecule has 1 saturated heterocycles. The molecule has 0 bridgehead atoms. The van der Waals surface area contributed by atoms with Crippen molar-refractivity contribution in [3.05, 3.63) is 33.9 Å². The van der Waals surface area contributed by atoms with Gasteiger partial charge >= 0.3 is 6.09 Å². The number of halogens is 2. The summed E-state index contributed by atoms with van der Waals surface area (Å²) >= 11 is 0. The maximum absolute atomic E-state index is 13.8. The van der Waals surface area contributed by atoms with Crippen molar-refractivity contribution in [2.24, 2.45) is 0 Å². The Bertz CT molecular complexity index is 536. The lowest BCUT2D eigenvalue weighted by Gasteiger charge is -2.34. The average molecular weight is 287 g/mol. The van der Waals surface area contributed by atoms with Gasteiger partial charge in [-0.3, -0.25) is 10.1 Å². The van der Waals surface area contributed by atoms with E-state index in [1.54, 1.807) is 0 Å². The first-order valence-corrected chi connectivity index (χ1v) is 5.76. The molecule has 1 aromatic rings. The largest absolute Gasteiger partial charge is 0.465 e. The van der Waals surface area contributed by atoms with Crippen LogP contribution in [0.2, 0.25) is 0 Å². The second kappa shape index (κ2) is 5.27. The van der Waals surface area contributed by atoms with Gasteiger partial charge in [-0.05, 0) is 0 Å². The van der Waals surface area contributed by atoms with Crippen LogP contribution < -0.4 is 4.90 Å². The first kappa shape index (κ1) is 14.0. The maximum atomic E-state index is 13.8. The molecule has 0 aliphatic carbocycles. The summed E-state index contributed by atoms with van der Waals surface area (Å²) in [4.78, 5) is 22.8. The number of anilines is 1. The summed E-state index contributed by atoms with van der Waals surface area (Å²) in [6.45, 7) is 0.478. The van der Waals surface area contributed by atoms with Gasteiger partial charge < -0.3 is 14.9 Å². The molecule has 2 rings (SSSR count). The van der Waals surface area contributed by atoms with Crippen molar-refractivity contribution in [2.45, 2.75) is 0 Å². The number of carbonyl (C=O) groups is 1. The standard InChI is InChI=1S/C11H11F2N3O4/c12-8-5-7(16(19)20)6-9(13)10(8)14-1-3-15(4-2-14)11(17)18/h5-6H,1-4H2,(H,17,18). The van der Waals surface area contributed by atoms with Gasteiger partial charge in [0, 0.05) is 26.2 Å². The van der Waals surface area contributed by atoms with Crippen molar-refractivity contribution in [2.75, 3.05) is 31.1 Å². The molecule has 0 saturated carbocycles. The van der Waals surface area contributed by atoms with E-state index in [2.05, 4.69) is 0 Å². The molecule has 9 heteroatoms. The topological polar surface area (TPSA) is 86.9 Å². The number of nitro groups is 1. The van der Waals surface area contributed by atoms with Gasteiger partial charge in [0.1, 0.15) is 5.69 Å². The molecule has 1 aliphatic heterocycles. The van der Waals surface area contributed by atoms with Crippen molar-refractivity contribution < 1.29 is 23.6 Å². The highest BCUT2D eigenvalue weighted by molar-refractivity contribution is 5.65.